The molecule has 1 aliphatic rings. The molecule has 1 aliphatic carbocycles. The van der Waals surface area contributed by atoms with E-state index in [9.17, 15) is 14.4 Å². The molecule has 10 nitrogen and oxygen atoms in total. The van der Waals surface area contributed by atoms with Crippen molar-refractivity contribution in [3.8, 4) is 11.1 Å². The van der Waals surface area contributed by atoms with Crippen molar-refractivity contribution < 1.29 is 28.9 Å². The lowest BCUT2D eigenvalue weighted by Crippen LogP contribution is -2.39. The van der Waals surface area contributed by atoms with Crippen LogP contribution in [0.4, 0.5) is 10.6 Å². The first-order valence-electron chi connectivity index (χ1n) is 10.2. The molecule has 2 amide bonds. The number of hydrogen-bond donors (Lipinski definition) is 3. The molecule has 3 aromatic rings. The van der Waals surface area contributed by atoms with Gasteiger partial charge in [-0.05, 0) is 46.4 Å². The van der Waals surface area contributed by atoms with E-state index >= 15 is 0 Å². The van der Waals surface area contributed by atoms with Gasteiger partial charge in [0.1, 0.15) is 6.61 Å². The number of carboxylic acid groups (broad SMARTS) is 1. The minimum atomic E-state index is -1.19. The topological polar surface area (TPSA) is 144 Å². The van der Waals surface area contributed by atoms with Crippen LogP contribution in [0.25, 0.3) is 11.1 Å². The van der Waals surface area contributed by atoms with Gasteiger partial charge in [0, 0.05) is 12.5 Å². The van der Waals surface area contributed by atoms with Gasteiger partial charge in [-0.2, -0.15) is 0 Å². The third-order valence-corrected chi connectivity index (χ3v) is 5.54. The highest BCUT2D eigenvalue weighted by Gasteiger charge is 2.31. The lowest BCUT2D eigenvalue weighted by atomic mass is 9.94. The van der Waals surface area contributed by atoms with Gasteiger partial charge in [0.2, 0.25) is 11.5 Å². The summed E-state index contributed by atoms with van der Waals surface area (Å²) in [7, 11) is 0. The van der Waals surface area contributed by atoms with Crippen molar-refractivity contribution in [2.45, 2.75) is 19.8 Å². The Morgan fingerprint density at radius 1 is 1.03 bits per heavy atom. The molecule has 0 fully saturated rings. The first kappa shape index (κ1) is 22.0. The first-order valence-corrected chi connectivity index (χ1v) is 10.2. The summed E-state index contributed by atoms with van der Waals surface area (Å²) >= 11 is 0. The summed E-state index contributed by atoms with van der Waals surface area (Å²) in [6, 6.07) is 15.9. The molecule has 0 radical (unpaired) electrons. The summed E-state index contributed by atoms with van der Waals surface area (Å²) in [6.07, 6.45) is -0.826. The Hall–Kier alpha value is -4.21. The zero-order valence-electron chi connectivity index (χ0n) is 18.0. The number of anilines is 1. The van der Waals surface area contributed by atoms with Crippen LogP contribution in [0.15, 0.2) is 53.2 Å². The molecular weight excluding hydrogens is 428 g/mol. The second-order valence-electron chi connectivity index (χ2n) is 8.28. The van der Waals surface area contributed by atoms with Crippen molar-refractivity contribution in [3.63, 3.8) is 0 Å². The van der Waals surface area contributed by atoms with Gasteiger partial charge in [-0.15, -0.1) is 0 Å². The SMILES string of the molecule is CC(C)(CNC(=O)c1nonc1NC(=O)OCC1c2ccccc2-c2ccccc21)C(=O)O. The number of aliphatic carboxylic acids is 1. The fraction of sp³-hybridized carbons (Fsp3) is 0.261. The van der Waals surface area contributed by atoms with Crippen molar-refractivity contribution in [3.05, 3.63) is 65.4 Å². The maximum atomic E-state index is 12.4. The molecule has 0 saturated heterocycles. The zero-order chi connectivity index (χ0) is 23.6. The minimum Gasteiger partial charge on any atom is -0.481 e. The van der Waals surface area contributed by atoms with Crippen molar-refractivity contribution in [2.75, 3.05) is 18.5 Å². The molecule has 33 heavy (non-hydrogen) atoms. The Morgan fingerprint density at radius 3 is 2.24 bits per heavy atom. The van der Waals surface area contributed by atoms with Crippen molar-refractivity contribution in [2.24, 2.45) is 5.41 Å². The average molecular weight is 450 g/mol. The molecule has 0 spiro atoms. The fourth-order valence-electron chi connectivity index (χ4n) is 3.61. The van der Waals surface area contributed by atoms with E-state index in [1.165, 1.54) is 13.8 Å². The van der Waals surface area contributed by atoms with Crippen LogP contribution in [0.3, 0.4) is 0 Å². The number of carbonyl (C=O) groups is 3. The number of hydrogen-bond acceptors (Lipinski definition) is 7. The van der Waals surface area contributed by atoms with Crippen LogP contribution < -0.4 is 10.6 Å². The molecule has 0 saturated carbocycles. The third kappa shape index (κ3) is 4.40. The van der Waals surface area contributed by atoms with Gasteiger partial charge in [0.15, 0.2) is 0 Å². The number of ether oxygens (including phenoxy) is 1. The van der Waals surface area contributed by atoms with Gasteiger partial charge in [-0.25, -0.2) is 9.42 Å². The fourth-order valence-corrected chi connectivity index (χ4v) is 3.61. The van der Waals surface area contributed by atoms with Gasteiger partial charge in [-0.3, -0.25) is 14.9 Å². The molecule has 0 bridgehead atoms. The van der Waals surface area contributed by atoms with Crippen LogP contribution in [-0.2, 0) is 9.53 Å². The molecule has 2 aromatic carbocycles. The Bertz CT molecular complexity index is 1170. The molecule has 3 N–H and O–H groups in total. The predicted octanol–water partition coefficient (Wildman–Crippen LogP) is 3.27. The number of amides is 2. The van der Waals surface area contributed by atoms with Crippen LogP contribution in [0.5, 0.6) is 0 Å². The lowest BCUT2D eigenvalue weighted by Gasteiger charge is -2.18. The van der Waals surface area contributed by atoms with Crippen LogP contribution in [0.2, 0.25) is 0 Å². The number of nitrogens with one attached hydrogen (secondary N) is 2. The predicted molar refractivity (Wildman–Crippen MR) is 117 cm³/mol. The summed E-state index contributed by atoms with van der Waals surface area (Å²) in [6.45, 7) is 2.86. The largest absolute Gasteiger partial charge is 0.481 e. The maximum absolute atomic E-state index is 12.4. The Morgan fingerprint density at radius 2 is 1.64 bits per heavy atom. The molecule has 1 heterocycles. The highest BCUT2D eigenvalue weighted by atomic mass is 16.6. The quantitative estimate of drug-likeness (QED) is 0.498. The van der Waals surface area contributed by atoms with E-state index in [2.05, 4.69) is 25.6 Å². The normalized spacial score (nSPS) is 12.5. The van der Waals surface area contributed by atoms with E-state index in [0.717, 1.165) is 22.3 Å². The van der Waals surface area contributed by atoms with Crippen LogP contribution in [0.1, 0.15) is 41.4 Å². The molecular formula is C23H22N4O6. The molecule has 4 rings (SSSR count). The Labute approximate surface area is 188 Å². The van der Waals surface area contributed by atoms with Gasteiger partial charge < -0.3 is 15.2 Å². The number of carboxylic acids is 1. The number of nitrogens with zero attached hydrogens (tertiary/aromatic N) is 2. The molecule has 0 unspecified atom stereocenters. The zero-order valence-corrected chi connectivity index (χ0v) is 18.0. The molecule has 1 aromatic heterocycles. The molecule has 10 heteroatoms. The molecule has 0 aliphatic heterocycles. The van der Waals surface area contributed by atoms with Gasteiger partial charge in [0.25, 0.3) is 5.91 Å². The second kappa shape index (κ2) is 8.73. The van der Waals surface area contributed by atoms with Crippen LogP contribution in [-0.4, -0.2) is 46.5 Å². The van der Waals surface area contributed by atoms with Crippen molar-refractivity contribution in [1.29, 1.82) is 0 Å². The smallest absolute Gasteiger partial charge is 0.412 e. The van der Waals surface area contributed by atoms with E-state index in [1.807, 2.05) is 48.5 Å². The average Bonchev–Trinajstić information content (AvgIpc) is 3.38. The van der Waals surface area contributed by atoms with Crippen LogP contribution in [0, 0.1) is 5.41 Å². The van der Waals surface area contributed by atoms with E-state index in [4.69, 9.17) is 9.84 Å². The molecule has 0 atom stereocenters. The van der Waals surface area contributed by atoms with E-state index in [0.29, 0.717) is 0 Å². The standard InChI is InChI=1S/C23H22N4O6/c1-23(2,21(29)30)12-24-20(28)18-19(27-33-26-18)25-22(31)32-11-17-15-9-5-3-7-13(15)14-8-4-6-10-16(14)17/h3-10,17H,11-12H2,1-2H3,(H,24,28)(H,29,30)(H,25,27,31). The Balaban J connectivity index is 1.40. The highest BCUT2D eigenvalue weighted by molar-refractivity contribution is 5.99. The highest BCUT2D eigenvalue weighted by Crippen LogP contribution is 2.44. The monoisotopic (exact) mass is 450 g/mol. The molecule has 170 valence electrons. The van der Waals surface area contributed by atoms with E-state index < -0.39 is 23.4 Å². The summed E-state index contributed by atoms with van der Waals surface area (Å²) in [5.41, 5.74) is 2.86. The number of fused-ring (bicyclic) bond motifs is 3. The van der Waals surface area contributed by atoms with Gasteiger partial charge in [0.05, 0.1) is 5.41 Å². The lowest BCUT2D eigenvalue weighted by molar-refractivity contribution is -0.146. The minimum absolute atomic E-state index is 0.0828. The summed E-state index contributed by atoms with van der Waals surface area (Å²) < 4.78 is 10.00. The summed E-state index contributed by atoms with van der Waals surface area (Å²) in [5, 5.41) is 21.0. The summed E-state index contributed by atoms with van der Waals surface area (Å²) in [5.74, 6) is -2.16. The third-order valence-electron chi connectivity index (χ3n) is 5.54. The van der Waals surface area contributed by atoms with E-state index in [-0.39, 0.29) is 30.6 Å². The maximum Gasteiger partial charge on any atom is 0.412 e. The number of benzene rings is 2. The first-order chi connectivity index (χ1) is 15.8. The van der Waals surface area contributed by atoms with Crippen LogP contribution >= 0.6 is 0 Å². The second-order valence-corrected chi connectivity index (χ2v) is 8.28. The van der Waals surface area contributed by atoms with Gasteiger partial charge in [-0.1, -0.05) is 48.5 Å². The van der Waals surface area contributed by atoms with E-state index in [1.54, 1.807) is 0 Å². The van der Waals surface area contributed by atoms with Crippen molar-refractivity contribution >= 4 is 23.8 Å². The Kier molecular flexibility index (Phi) is 5.82. The van der Waals surface area contributed by atoms with Gasteiger partial charge >= 0.3 is 12.1 Å². The van der Waals surface area contributed by atoms with Crippen molar-refractivity contribution in [1.82, 2.24) is 15.6 Å². The number of carbonyl (C=O) groups excluding carboxylic acids is 2. The summed E-state index contributed by atoms with van der Waals surface area (Å²) in [4.78, 5) is 36.0. The number of aromatic nitrogens is 2. The number of rotatable bonds is 7.